The van der Waals surface area contributed by atoms with E-state index in [2.05, 4.69) is 121 Å². The Morgan fingerprint density at radius 1 is 0.435 bits per heavy atom. The average Bonchev–Trinajstić information content (AvgIpc) is 3.14. The normalized spacial score (nSPS) is 23.7. The molecule has 46 heavy (non-hydrogen) atoms. The van der Waals surface area contributed by atoms with Crippen LogP contribution in [0.1, 0.15) is 77.0 Å². The van der Waals surface area contributed by atoms with Crippen molar-refractivity contribution in [2.45, 2.75) is 99.7 Å². The molecule has 0 radical (unpaired) electrons. The van der Waals surface area contributed by atoms with E-state index in [4.69, 9.17) is 0 Å². The van der Waals surface area contributed by atoms with Gasteiger partial charge in [-0.2, -0.15) is 0 Å². The molecule has 2 saturated carbocycles. The molecule has 2 heteroatoms. The fourth-order valence-electron chi connectivity index (χ4n) is 9.03. The van der Waals surface area contributed by atoms with E-state index < -0.39 is 0 Å². The monoisotopic (exact) mass is 638 g/mol. The topological polar surface area (TPSA) is 0 Å². The van der Waals surface area contributed by atoms with Crippen LogP contribution >= 0.6 is 15.8 Å². The van der Waals surface area contributed by atoms with E-state index in [1.165, 1.54) is 98.6 Å². The first-order chi connectivity index (χ1) is 22.9. The first kappa shape index (κ1) is 30.5. The molecular weight excluding hydrogens is 590 g/mol. The first-order valence-electron chi connectivity index (χ1n) is 18.1. The Morgan fingerprint density at radius 2 is 0.870 bits per heavy atom. The lowest BCUT2D eigenvalue weighted by Crippen LogP contribution is -2.28. The summed E-state index contributed by atoms with van der Waals surface area (Å²) in [5.74, 6) is 0. The molecule has 0 N–H and O–H groups in total. The van der Waals surface area contributed by atoms with Crippen LogP contribution in [0.4, 0.5) is 0 Å². The van der Waals surface area contributed by atoms with Gasteiger partial charge < -0.3 is 0 Å². The molecule has 4 atom stereocenters. The molecule has 2 fully saturated rings. The fourth-order valence-corrected chi connectivity index (χ4v) is 16.2. The Labute approximate surface area is 279 Å². The van der Waals surface area contributed by atoms with E-state index in [0.717, 1.165) is 11.3 Å². The summed E-state index contributed by atoms with van der Waals surface area (Å²) >= 11 is 0. The first-order valence-corrected chi connectivity index (χ1v) is 21.1. The van der Waals surface area contributed by atoms with Gasteiger partial charge in [0.1, 0.15) is 0 Å². The zero-order valence-electron chi connectivity index (χ0n) is 27.2. The van der Waals surface area contributed by atoms with Crippen molar-refractivity contribution < 1.29 is 0 Å². The number of rotatable bonds is 7. The minimum absolute atomic E-state index is 0.382. The van der Waals surface area contributed by atoms with E-state index in [9.17, 15) is 0 Å². The molecule has 0 bridgehead atoms. The van der Waals surface area contributed by atoms with Crippen molar-refractivity contribution in [3.63, 3.8) is 0 Å². The fraction of sp³-hybridized carbons (Fsp3) is 0.364. The van der Waals surface area contributed by atoms with E-state index in [0.29, 0.717) is 11.3 Å². The average molecular weight is 639 g/mol. The van der Waals surface area contributed by atoms with Gasteiger partial charge in [-0.25, -0.2) is 0 Å². The maximum Gasteiger partial charge on any atom is 0.00510 e. The summed E-state index contributed by atoms with van der Waals surface area (Å²) in [6.07, 6.45) is 35.6. The molecule has 0 nitrogen and oxygen atoms in total. The van der Waals surface area contributed by atoms with E-state index in [-0.39, 0.29) is 15.8 Å². The summed E-state index contributed by atoms with van der Waals surface area (Å²) in [5, 5.41) is 9.07. The standard InChI is InChI=1S/C44H48P2/c1-5-19-35(20-6-1)45(36-21-7-2-8-22-36)41-31-29-33-17-13-15-27-39(33)43(41)44-40-28-16-14-18-34(40)30-32-42(44)46(37-23-9-3-10-24-37)38-25-11-4-12-26-38/h1,3,5-6,9-10,13-19,23,27-32,35-38H,2,4,7-8,11-12,20-22,24-26H2. The molecule has 4 unspecified atom stereocenters. The highest BCUT2D eigenvalue weighted by Gasteiger charge is 2.36. The molecule has 4 aromatic rings. The van der Waals surface area contributed by atoms with Gasteiger partial charge in [0.2, 0.25) is 0 Å². The van der Waals surface area contributed by atoms with Crippen LogP contribution in [0.2, 0.25) is 0 Å². The Hall–Kier alpha value is -2.78. The van der Waals surface area contributed by atoms with Crippen LogP contribution in [0.5, 0.6) is 0 Å². The third-order valence-electron chi connectivity index (χ3n) is 11.2. The summed E-state index contributed by atoms with van der Waals surface area (Å²) in [5.41, 5.74) is 6.01. The lowest BCUT2D eigenvalue weighted by molar-refractivity contribution is 0.510. The zero-order chi connectivity index (χ0) is 30.7. The number of fused-ring (bicyclic) bond motifs is 2. The van der Waals surface area contributed by atoms with E-state index in [1.54, 1.807) is 21.7 Å². The van der Waals surface area contributed by atoms with Gasteiger partial charge in [0.05, 0.1) is 0 Å². The summed E-state index contributed by atoms with van der Waals surface area (Å²) in [4.78, 5) is 0. The second-order valence-corrected chi connectivity index (χ2v) is 19.4. The molecule has 0 amide bonds. The van der Waals surface area contributed by atoms with Gasteiger partial charge in [-0.05, 0) is 93.1 Å². The Balaban J connectivity index is 1.42. The second kappa shape index (κ2) is 14.1. The minimum Gasteiger partial charge on any atom is -0.0836 e. The zero-order valence-corrected chi connectivity index (χ0v) is 29.0. The third-order valence-corrected chi connectivity index (χ3v) is 17.8. The third kappa shape index (κ3) is 6.02. The van der Waals surface area contributed by atoms with Crippen molar-refractivity contribution in [1.29, 1.82) is 0 Å². The predicted octanol–water partition coefficient (Wildman–Crippen LogP) is 12.3. The molecule has 4 aliphatic carbocycles. The maximum absolute atomic E-state index is 2.61. The van der Waals surface area contributed by atoms with Crippen LogP contribution in [0.3, 0.4) is 0 Å². The van der Waals surface area contributed by atoms with E-state index >= 15 is 0 Å². The highest BCUT2D eigenvalue weighted by molar-refractivity contribution is 7.68. The largest absolute Gasteiger partial charge is 0.0836 e. The number of hydrogen-bond acceptors (Lipinski definition) is 0. The molecule has 0 saturated heterocycles. The molecular formula is C44H48P2. The molecule has 0 spiro atoms. The van der Waals surface area contributed by atoms with Crippen LogP contribution in [-0.2, 0) is 0 Å². The Morgan fingerprint density at radius 3 is 1.28 bits per heavy atom. The summed E-state index contributed by atoms with van der Waals surface area (Å²) in [7, 11) is -0.763. The van der Waals surface area contributed by atoms with Crippen molar-refractivity contribution >= 4 is 48.0 Å². The highest BCUT2D eigenvalue weighted by atomic mass is 31.1. The van der Waals surface area contributed by atoms with Crippen LogP contribution in [0.25, 0.3) is 32.7 Å². The van der Waals surface area contributed by atoms with Crippen LogP contribution < -0.4 is 10.6 Å². The second-order valence-electron chi connectivity index (χ2n) is 14.0. The summed E-state index contributed by atoms with van der Waals surface area (Å²) in [6.45, 7) is 0. The summed E-state index contributed by atoms with van der Waals surface area (Å²) in [6, 6.07) is 28.9. The van der Waals surface area contributed by atoms with Gasteiger partial charge in [0.25, 0.3) is 0 Å². The van der Waals surface area contributed by atoms with Gasteiger partial charge in [0.15, 0.2) is 0 Å². The lowest BCUT2D eigenvalue weighted by atomic mass is 9.93. The molecule has 0 aromatic heterocycles. The van der Waals surface area contributed by atoms with Crippen molar-refractivity contribution in [3.8, 4) is 11.1 Å². The predicted molar refractivity (Wildman–Crippen MR) is 207 cm³/mol. The molecule has 0 aliphatic heterocycles. The van der Waals surface area contributed by atoms with Gasteiger partial charge in [0, 0.05) is 11.3 Å². The molecule has 4 aliphatic rings. The number of allylic oxidation sites excluding steroid dienone is 8. The minimum atomic E-state index is -0.382. The van der Waals surface area contributed by atoms with Gasteiger partial charge in [-0.1, -0.05) is 176 Å². The molecule has 4 aromatic carbocycles. The Kier molecular flexibility index (Phi) is 9.39. The van der Waals surface area contributed by atoms with Crippen molar-refractivity contribution in [3.05, 3.63) is 121 Å². The molecule has 0 heterocycles. The molecule has 234 valence electrons. The van der Waals surface area contributed by atoms with Gasteiger partial charge in [-0.3, -0.25) is 0 Å². The molecule has 8 rings (SSSR count). The smallest absolute Gasteiger partial charge is 0.00510 e. The number of benzene rings is 4. The SMILES string of the molecule is C1=CCC(P(c2ccc3ccccc3c2-c2c(P(C3C=CC=CC3)C3CCCCC3)ccc3ccccc23)C2CCCCC2)C=C1. The van der Waals surface area contributed by atoms with E-state index in [1.807, 2.05) is 0 Å². The van der Waals surface area contributed by atoms with Crippen molar-refractivity contribution in [2.75, 3.05) is 0 Å². The van der Waals surface area contributed by atoms with Gasteiger partial charge in [-0.15, -0.1) is 0 Å². The van der Waals surface area contributed by atoms with Gasteiger partial charge >= 0.3 is 0 Å². The maximum atomic E-state index is 2.61. The van der Waals surface area contributed by atoms with Crippen molar-refractivity contribution in [1.82, 2.24) is 0 Å². The summed E-state index contributed by atoms with van der Waals surface area (Å²) < 4.78 is 0. The number of hydrogen-bond donors (Lipinski definition) is 0. The highest BCUT2D eigenvalue weighted by Crippen LogP contribution is 2.58. The lowest BCUT2D eigenvalue weighted by Gasteiger charge is -2.39. The van der Waals surface area contributed by atoms with Crippen LogP contribution in [-0.4, -0.2) is 22.6 Å². The van der Waals surface area contributed by atoms with Crippen LogP contribution in [0.15, 0.2) is 121 Å². The Bertz CT molecular complexity index is 1660. The quantitative estimate of drug-likeness (QED) is 0.177. The van der Waals surface area contributed by atoms with Crippen LogP contribution in [0, 0.1) is 0 Å². The van der Waals surface area contributed by atoms with Crippen molar-refractivity contribution in [2.24, 2.45) is 0 Å².